The second-order valence-electron chi connectivity index (χ2n) is 7.99. The molecular formula is C20H26N2O3. The van der Waals surface area contributed by atoms with Crippen LogP contribution in [0, 0.1) is 17.8 Å². The first-order valence-electron chi connectivity index (χ1n) is 9.32. The monoisotopic (exact) mass is 342 g/mol. The van der Waals surface area contributed by atoms with E-state index in [1.165, 1.54) is 0 Å². The summed E-state index contributed by atoms with van der Waals surface area (Å²) in [6.07, 6.45) is 3.06. The number of rotatable bonds is 4. The first-order chi connectivity index (χ1) is 12.1. The predicted octanol–water partition coefficient (Wildman–Crippen LogP) is 2.08. The normalized spacial score (nSPS) is 29.8. The summed E-state index contributed by atoms with van der Waals surface area (Å²) < 4.78 is 6.11. The van der Waals surface area contributed by atoms with E-state index in [0.717, 1.165) is 32.4 Å². The molecule has 2 amide bonds. The molecule has 3 fully saturated rings. The number of benzene rings is 1. The van der Waals surface area contributed by atoms with Crippen molar-refractivity contribution in [1.29, 1.82) is 0 Å². The zero-order valence-electron chi connectivity index (χ0n) is 14.7. The Hall–Kier alpha value is -1.88. The van der Waals surface area contributed by atoms with Crippen molar-refractivity contribution >= 4 is 11.8 Å². The van der Waals surface area contributed by atoms with Crippen LogP contribution in [0.5, 0.6) is 0 Å². The van der Waals surface area contributed by atoms with Gasteiger partial charge in [-0.05, 0) is 43.2 Å². The molecule has 134 valence electrons. The number of amides is 2. The maximum atomic E-state index is 12.2. The standard InChI is InChI=1S/C20H26N2O3/c1-14-9-17(14)19(24)22-12-20(13-22)8-7-15(11-25-20)10-21-18(23)16-5-3-2-4-6-16/h2-6,14-15,17H,7-13H2,1H3,(H,21,23)/t14-,15-,17+/m1/s1. The summed E-state index contributed by atoms with van der Waals surface area (Å²) in [5.74, 6) is 1.47. The third-order valence-corrected chi connectivity index (χ3v) is 5.92. The summed E-state index contributed by atoms with van der Waals surface area (Å²) in [5, 5.41) is 3.00. The van der Waals surface area contributed by atoms with E-state index in [1.54, 1.807) is 0 Å². The molecule has 1 aliphatic carbocycles. The molecule has 2 heterocycles. The zero-order chi connectivity index (χ0) is 17.4. The van der Waals surface area contributed by atoms with E-state index in [4.69, 9.17) is 4.74 Å². The van der Waals surface area contributed by atoms with Crippen LogP contribution in [0.2, 0.25) is 0 Å². The summed E-state index contributed by atoms with van der Waals surface area (Å²) in [7, 11) is 0. The van der Waals surface area contributed by atoms with Crippen LogP contribution in [0.4, 0.5) is 0 Å². The summed E-state index contributed by atoms with van der Waals surface area (Å²) in [5.41, 5.74) is 0.575. The van der Waals surface area contributed by atoms with E-state index in [2.05, 4.69) is 12.2 Å². The van der Waals surface area contributed by atoms with Crippen LogP contribution in [-0.4, -0.2) is 48.6 Å². The van der Waals surface area contributed by atoms with Crippen LogP contribution in [0.15, 0.2) is 30.3 Å². The molecule has 1 aromatic rings. The molecular weight excluding hydrogens is 316 g/mol. The Morgan fingerprint density at radius 2 is 2.00 bits per heavy atom. The lowest BCUT2D eigenvalue weighted by molar-refractivity contribution is -0.189. The van der Waals surface area contributed by atoms with Gasteiger partial charge in [0, 0.05) is 18.0 Å². The molecule has 1 spiro atoms. The van der Waals surface area contributed by atoms with Gasteiger partial charge in [-0.1, -0.05) is 25.1 Å². The van der Waals surface area contributed by atoms with Gasteiger partial charge >= 0.3 is 0 Å². The third-order valence-electron chi connectivity index (χ3n) is 5.92. The quantitative estimate of drug-likeness (QED) is 0.911. The van der Waals surface area contributed by atoms with Crippen molar-refractivity contribution in [3.8, 4) is 0 Å². The molecule has 2 saturated heterocycles. The second-order valence-corrected chi connectivity index (χ2v) is 7.99. The average Bonchev–Trinajstić information content (AvgIpc) is 3.35. The first kappa shape index (κ1) is 16.6. The molecule has 1 saturated carbocycles. The minimum Gasteiger partial charge on any atom is -0.371 e. The lowest BCUT2D eigenvalue weighted by Gasteiger charge is -2.53. The van der Waals surface area contributed by atoms with Crippen LogP contribution in [0.1, 0.15) is 36.5 Å². The van der Waals surface area contributed by atoms with E-state index < -0.39 is 0 Å². The van der Waals surface area contributed by atoms with E-state index in [-0.39, 0.29) is 17.4 Å². The highest BCUT2D eigenvalue weighted by atomic mass is 16.5. The fourth-order valence-electron chi connectivity index (χ4n) is 3.96. The van der Waals surface area contributed by atoms with Crippen LogP contribution in [-0.2, 0) is 9.53 Å². The zero-order valence-corrected chi connectivity index (χ0v) is 14.7. The Kier molecular flexibility index (Phi) is 4.28. The summed E-state index contributed by atoms with van der Waals surface area (Å²) in [4.78, 5) is 26.3. The Labute approximate surface area is 148 Å². The van der Waals surface area contributed by atoms with E-state index >= 15 is 0 Å². The number of carbonyl (C=O) groups is 2. The number of nitrogens with zero attached hydrogens (tertiary/aromatic N) is 1. The van der Waals surface area contributed by atoms with Gasteiger partial charge in [0.2, 0.25) is 5.91 Å². The van der Waals surface area contributed by atoms with E-state index in [9.17, 15) is 9.59 Å². The molecule has 1 aromatic carbocycles. The number of hydrogen-bond acceptors (Lipinski definition) is 3. The molecule has 0 radical (unpaired) electrons. The SMILES string of the molecule is C[C@@H]1C[C@@H]1C(=O)N1CC2(CC[C@H](CNC(=O)c3ccccc3)CO2)C1. The minimum atomic E-state index is -0.117. The van der Waals surface area contributed by atoms with Gasteiger partial charge in [-0.25, -0.2) is 0 Å². The van der Waals surface area contributed by atoms with Crippen molar-refractivity contribution in [2.75, 3.05) is 26.2 Å². The van der Waals surface area contributed by atoms with Gasteiger partial charge in [0.25, 0.3) is 5.91 Å². The van der Waals surface area contributed by atoms with Gasteiger partial charge in [-0.2, -0.15) is 0 Å². The van der Waals surface area contributed by atoms with Gasteiger partial charge in [0.15, 0.2) is 0 Å². The maximum absolute atomic E-state index is 12.2. The predicted molar refractivity (Wildman–Crippen MR) is 94.0 cm³/mol. The number of likely N-dealkylation sites (tertiary alicyclic amines) is 1. The molecule has 0 unspecified atom stereocenters. The minimum absolute atomic E-state index is 0.0279. The van der Waals surface area contributed by atoms with Crippen LogP contribution < -0.4 is 5.32 Å². The highest BCUT2D eigenvalue weighted by Gasteiger charge is 2.52. The van der Waals surface area contributed by atoms with Gasteiger partial charge in [0.05, 0.1) is 19.7 Å². The number of hydrogen-bond donors (Lipinski definition) is 1. The lowest BCUT2D eigenvalue weighted by atomic mass is 9.82. The van der Waals surface area contributed by atoms with Crippen molar-refractivity contribution in [2.45, 2.75) is 31.8 Å². The Morgan fingerprint density at radius 3 is 2.60 bits per heavy atom. The summed E-state index contributed by atoms with van der Waals surface area (Å²) in [6.45, 7) is 4.95. The Balaban J connectivity index is 1.19. The van der Waals surface area contributed by atoms with Crippen molar-refractivity contribution in [3.63, 3.8) is 0 Å². The maximum Gasteiger partial charge on any atom is 0.251 e. The van der Waals surface area contributed by atoms with E-state index in [1.807, 2.05) is 35.2 Å². The van der Waals surface area contributed by atoms with Crippen LogP contribution in [0.3, 0.4) is 0 Å². The summed E-state index contributed by atoms with van der Waals surface area (Å²) in [6, 6.07) is 9.29. The summed E-state index contributed by atoms with van der Waals surface area (Å²) >= 11 is 0. The topological polar surface area (TPSA) is 58.6 Å². The molecule has 25 heavy (non-hydrogen) atoms. The molecule has 5 nitrogen and oxygen atoms in total. The van der Waals surface area contributed by atoms with Crippen molar-refractivity contribution < 1.29 is 14.3 Å². The molecule has 0 bridgehead atoms. The van der Waals surface area contributed by atoms with Crippen molar-refractivity contribution in [2.24, 2.45) is 17.8 Å². The number of nitrogens with one attached hydrogen (secondary N) is 1. The largest absolute Gasteiger partial charge is 0.371 e. The highest BCUT2D eigenvalue weighted by Crippen LogP contribution is 2.43. The smallest absolute Gasteiger partial charge is 0.251 e. The van der Waals surface area contributed by atoms with Crippen LogP contribution in [0.25, 0.3) is 0 Å². The second kappa shape index (κ2) is 6.45. The van der Waals surface area contributed by atoms with Crippen molar-refractivity contribution in [1.82, 2.24) is 10.2 Å². The Bertz CT molecular complexity index is 644. The van der Waals surface area contributed by atoms with Gasteiger partial charge in [-0.3, -0.25) is 9.59 Å². The number of carbonyl (C=O) groups excluding carboxylic acids is 2. The fourth-order valence-corrected chi connectivity index (χ4v) is 3.96. The highest BCUT2D eigenvalue weighted by molar-refractivity contribution is 5.94. The molecule has 2 aliphatic heterocycles. The average molecular weight is 342 g/mol. The molecule has 1 N–H and O–H groups in total. The van der Waals surface area contributed by atoms with Crippen molar-refractivity contribution in [3.05, 3.63) is 35.9 Å². The molecule has 3 atom stereocenters. The lowest BCUT2D eigenvalue weighted by Crippen LogP contribution is -2.66. The number of ether oxygens (including phenoxy) is 1. The molecule has 0 aromatic heterocycles. The van der Waals surface area contributed by atoms with Gasteiger partial charge < -0.3 is 15.0 Å². The van der Waals surface area contributed by atoms with Gasteiger partial charge in [-0.15, -0.1) is 0 Å². The molecule has 4 rings (SSSR count). The third kappa shape index (κ3) is 3.43. The first-order valence-corrected chi connectivity index (χ1v) is 9.32. The Morgan fingerprint density at radius 1 is 1.28 bits per heavy atom. The molecule has 5 heteroatoms. The fraction of sp³-hybridized carbons (Fsp3) is 0.600. The van der Waals surface area contributed by atoms with Gasteiger partial charge in [0.1, 0.15) is 5.60 Å². The molecule has 3 aliphatic rings. The van der Waals surface area contributed by atoms with Crippen LogP contribution >= 0.6 is 0 Å². The van der Waals surface area contributed by atoms with E-state index in [0.29, 0.717) is 36.5 Å².